The van der Waals surface area contributed by atoms with E-state index >= 15 is 0 Å². The van der Waals surface area contributed by atoms with Crippen molar-refractivity contribution < 1.29 is 4.79 Å². The number of hydrogen-bond acceptors (Lipinski definition) is 2. The molecule has 1 atom stereocenters. The van der Waals surface area contributed by atoms with Crippen molar-refractivity contribution >= 4 is 5.91 Å². The van der Waals surface area contributed by atoms with E-state index in [0.717, 1.165) is 25.9 Å². The third kappa shape index (κ3) is 3.80. The van der Waals surface area contributed by atoms with E-state index in [9.17, 15) is 4.79 Å². The second-order valence-corrected chi connectivity index (χ2v) is 5.90. The molecule has 3 nitrogen and oxygen atoms in total. The van der Waals surface area contributed by atoms with E-state index in [4.69, 9.17) is 0 Å². The van der Waals surface area contributed by atoms with E-state index in [2.05, 4.69) is 43.4 Å². The van der Waals surface area contributed by atoms with Gasteiger partial charge in [0, 0.05) is 20.1 Å². The molecule has 0 bridgehead atoms. The first-order valence-electron chi connectivity index (χ1n) is 7.12. The number of hydrogen-bond donors (Lipinski definition) is 1. The molecule has 1 fully saturated rings. The van der Waals surface area contributed by atoms with Crippen molar-refractivity contribution in [3.05, 3.63) is 35.4 Å². The molecule has 2 rings (SSSR count). The van der Waals surface area contributed by atoms with Crippen LogP contribution in [-0.4, -0.2) is 30.4 Å². The molecule has 0 saturated carbocycles. The Bertz CT molecular complexity index is 425. The number of nitrogens with zero attached hydrogens (tertiary/aromatic N) is 1. The van der Waals surface area contributed by atoms with Gasteiger partial charge >= 0.3 is 0 Å². The minimum Gasteiger partial charge on any atom is -0.344 e. The summed E-state index contributed by atoms with van der Waals surface area (Å²) in [6, 6.07) is 8.71. The highest BCUT2D eigenvalue weighted by Gasteiger charge is 2.28. The molecule has 1 amide bonds. The Hall–Kier alpha value is -1.35. The Labute approximate surface area is 116 Å². The van der Waals surface area contributed by atoms with Gasteiger partial charge in [-0.15, -0.1) is 0 Å². The lowest BCUT2D eigenvalue weighted by molar-refractivity contribution is -0.128. The summed E-state index contributed by atoms with van der Waals surface area (Å²) in [4.78, 5) is 13.6. The standard InChI is InChI=1S/C16H24N2O/c1-12(2)10-13-4-6-14(7-5-13)11-17-15-8-9-18(3)16(15)19/h4-7,12,15,17H,8-11H2,1-3H3/t15-/m1/s1. The van der Waals surface area contributed by atoms with Gasteiger partial charge in [-0.05, 0) is 29.9 Å². The van der Waals surface area contributed by atoms with Crippen LogP contribution in [0.1, 0.15) is 31.4 Å². The summed E-state index contributed by atoms with van der Waals surface area (Å²) < 4.78 is 0. The molecule has 1 aliphatic rings. The Kier molecular flexibility index (Phi) is 4.59. The third-order valence-electron chi connectivity index (χ3n) is 3.65. The zero-order valence-corrected chi connectivity index (χ0v) is 12.1. The first kappa shape index (κ1) is 14.1. The number of likely N-dealkylation sites (N-methyl/N-ethyl adjacent to an activating group) is 1. The second kappa shape index (κ2) is 6.20. The number of amides is 1. The minimum absolute atomic E-state index is 0.000315. The number of nitrogens with one attached hydrogen (secondary N) is 1. The number of likely N-dealkylation sites (tertiary alicyclic amines) is 1. The summed E-state index contributed by atoms with van der Waals surface area (Å²) in [5.74, 6) is 0.909. The summed E-state index contributed by atoms with van der Waals surface area (Å²) >= 11 is 0. The van der Waals surface area contributed by atoms with Crippen molar-refractivity contribution in [1.82, 2.24) is 10.2 Å². The lowest BCUT2D eigenvalue weighted by Gasteiger charge is -2.12. The number of rotatable bonds is 5. The van der Waals surface area contributed by atoms with E-state index in [1.54, 1.807) is 4.90 Å². The first-order chi connectivity index (χ1) is 9.06. The molecule has 19 heavy (non-hydrogen) atoms. The molecule has 3 heteroatoms. The highest BCUT2D eigenvalue weighted by molar-refractivity contribution is 5.83. The fourth-order valence-corrected chi connectivity index (χ4v) is 2.52. The fourth-order valence-electron chi connectivity index (χ4n) is 2.52. The van der Waals surface area contributed by atoms with Gasteiger partial charge in [0.25, 0.3) is 0 Å². The van der Waals surface area contributed by atoms with Gasteiger partial charge in [-0.1, -0.05) is 38.1 Å². The van der Waals surface area contributed by atoms with Crippen LogP contribution in [0.5, 0.6) is 0 Å². The molecule has 0 radical (unpaired) electrons. The Morgan fingerprint density at radius 2 is 1.89 bits per heavy atom. The normalized spacial score (nSPS) is 19.5. The third-order valence-corrected chi connectivity index (χ3v) is 3.65. The molecule has 1 N–H and O–H groups in total. The minimum atomic E-state index is 0.000315. The molecule has 1 aromatic rings. The topological polar surface area (TPSA) is 32.3 Å². The molecule has 1 saturated heterocycles. The van der Waals surface area contributed by atoms with Crippen LogP contribution in [0.3, 0.4) is 0 Å². The smallest absolute Gasteiger partial charge is 0.239 e. The zero-order chi connectivity index (χ0) is 13.8. The van der Waals surface area contributed by atoms with Crippen LogP contribution in [0.4, 0.5) is 0 Å². The summed E-state index contributed by atoms with van der Waals surface area (Å²) in [6.07, 6.45) is 2.04. The molecule has 0 unspecified atom stereocenters. The fraction of sp³-hybridized carbons (Fsp3) is 0.562. The maximum Gasteiger partial charge on any atom is 0.239 e. The van der Waals surface area contributed by atoms with Gasteiger partial charge < -0.3 is 10.2 Å². The van der Waals surface area contributed by atoms with Crippen molar-refractivity contribution in [2.24, 2.45) is 5.92 Å². The maximum atomic E-state index is 11.8. The van der Waals surface area contributed by atoms with Crippen LogP contribution >= 0.6 is 0 Å². The molecular weight excluding hydrogens is 236 g/mol. The molecule has 1 aromatic carbocycles. The van der Waals surface area contributed by atoms with Gasteiger partial charge in [0.2, 0.25) is 5.91 Å². The Morgan fingerprint density at radius 3 is 2.42 bits per heavy atom. The molecule has 104 valence electrons. The first-order valence-corrected chi connectivity index (χ1v) is 7.12. The van der Waals surface area contributed by atoms with Crippen LogP contribution in [-0.2, 0) is 17.8 Å². The average molecular weight is 260 g/mol. The SMILES string of the molecule is CC(C)Cc1ccc(CN[C@@H]2CCN(C)C2=O)cc1. The van der Waals surface area contributed by atoms with Gasteiger partial charge in [0.15, 0.2) is 0 Å². The van der Waals surface area contributed by atoms with Crippen molar-refractivity contribution in [3.63, 3.8) is 0 Å². The van der Waals surface area contributed by atoms with Gasteiger partial charge in [-0.25, -0.2) is 0 Å². The Balaban J connectivity index is 1.85. The number of carbonyl (C=O) groups excluding carboxylic acids is 1. The maximum absolute atomic E-state index is 11.8. The largest absolute Gasteiger partial charge is 0.344 e. The van der Waals surface area contributed by atoms with Crippen LogP contribution in [0.25, 0.3) is 0 Å². The van der Waals surface area contributed by atoms with Crippen LogP contribution < -0.4 is 5.32 Å². The highest BCUT2D eigenvalue weighted by atomic mass is 16.2. The molecule has 0 aliphatic carbocycles. The monoisotopic (exact) mass is 260 g/mol. The predicted molar refractivity (Wildman–Crippen MR) is 77.9 cm³/mol. The molecule has 1 aliphatic heterocycles. The highest BCUT2D eigenvalue weighted by Crippen LogP contribution is 2.12. The van der Waals surface area contributed by atoms with E-state index in [1.165, 1.54) is 11.1 Å². The van der Waals surface area contributed by atoms with E-state index in [-0.39, 0.29) is 11.9 Å². The van der Waals surface area contributed by atoms with Crippen molar-refractivity contribution in [1.29, 1.82) is 0 Å². The van der Waals surface area contributed by atoms with Crippen LogP contribution in [0.15, 0.2) is 24.3 Å². The average Bonchev–Trinajstić information content (AvgIpc) is 2.69. The van der Waals surface area contributed by atoms with Crippen LogP contribution in [0, 0.1) is 5.92 Å². The predicted octanol–water partition coefficient (Wildman–Crippen LogP) is 2.21. The molecule has 1 heterocycles. The van der Waals surface area contributed by atoms with Crippen molar-refractivity contribution in [2.45, 2.75) is 39.3 Å². The zero-order valence-electron chi connectivity index (χ0n) is 12.1. The van der Waals surface area contributed by atoms with E-state index in [1.807, 2.05) is 7.05 Å². The van der Waals surface area contributed by atoms with Crippen molar-refractivity contribution in [2.75, 3.05) is 13.6 Å². The Morgan fingerprint density at radius 1 is 1.26 bits per heavy atom. The van der Waals surface area contributed by atoms with E-state index in [0.29, 0.717) is 5.92 Å². The summed E-state index contributed by atoms with van der Waals surface area (Å²) in [6.45, 7) is 6.10. The number of benzene rings is 1. The second-order valence-electron chi connectivity index (χ2n) is 5.90. The summed E-state index contributed by atoms with van der Waals surface area (Å²) in [5, 5.41) is 3.35. The lowest BCUT2D eigenvalue weighted by atomic mass is 10.0. The van der Waals surface area contributed by atoms with Gasteiger partial charge in [-0.3, -0.25) is 4.79 Å². The quantitative estimate of drug-likeness (QED) is 0.880. The summed E-state index contributed by atoms with van der Waals surface area (Å²) in [7, 11) is 1.87. The molecule has 0 aromatic heterocycles. The van der Waals surface area contributed by atoms with Crippen molar-refractivity contribution in [3.8, 4) is 0 Å². The van der Waals surface area contributed by atoms with Gasteiger partial charge in [0.05, 0.1) is 6.04 Å². The number of carbonyl (C=O) groups is 1. The van der Waals surface area contributed by atoms with Gasteiger partial charge in [-0.2, -0.15) is 0 Å². The lowest BCUT2D eigenvalue weighted by Crippen LogP contribution is -2.36. The van der Waals surface area contributed by atoms with Gasteiger partial charge in [0.1, 0.15) is 0 Å². The van der Waals surface area contributed by atoms with Crippen LogP contribution in [0.2, 0.25) is 0 Å². The van der Waals surface area contributed by atoms with E-state index < -0.39 is 0 Å². The molecule has 0 spiro atoms. The summed E-state index contributed by atoms with van der Waals surface area (Å²) in [5.41, 5.74) is 2.63. The molecular formula is C16H24N2O.